The van der Waals surface area contributed by atoms with Gasteiger partial charge >= 0.3 is 5.97 Å². The van der Waals surface area contributed by atoms with Gasteiger partial charge in [-0.1, -0.05) is 23.2 Å². The Balaban J connectivity index is 2.02. The van der Waals surface area contributed by atoms with Gasteiger partial charge in [0.25, 0.3) is 5.91 Å². The minimum Gasteiger partial charge on any atom is -0.494 e. The molecule has 6 nitrogen and oxygen atoms in total. The molecule has 1 amide bonds. The summed E-state index contributed by atoms with van der Waals surface area (Å²) < 4.78 is 15.9. The third-order valence-corrected chi connectivity index (χ3v) is 3.87. The number of benzene rings is 2. The number of carbonyl (C=O) groups is 2. The van der Waals surface area contributed by atoms with Crippen LogP contribution in [-0.2, 0) is 9.53 Å². The lowest BCUT2D eigenvalue weighted by molar-refractivity contribution is -0.119. The third kappa shape index (κ3) is 6.05. The van der Waals surface area contributed by atoms with Crippen molar-refractivity contribution in [2.45, 2.75) is 13.8 Å². The van der Waals surface area contributed by atoms with E-state index in [0.717, 1.165) is 0 Å². The summed E-state index contributed by atoms with van der Waals surface area (Å²) in [5.74, 6) is -0.175. The Morgan fingerprint density at radius 2 is 1.74 bits per heavy atom. The van der Waals surface area contributed by atoms with Crippen molar-refractivity contribution in [1.29, 1.82) is 0 Å². The average Bonchev–Trinajstić information content (AvgIpc) is 2.62. The maximum atomic E-state index is 12.2. The van der Waals surface area contributed by atoms with Gasteiger partial charge in [-0.25, -0.2) is 4.79 Å². The van der Waals surface area contributed by atoms with Gasteiger partial charge < -0.3 is 19.5 Å². The molecule has 0 atom stereocenters. The topological polar surface area (TPSA) is 73.9 Å². The maximum Gasteiger partial charge on any atom is 0.340 e. The highest BCUT2D eigenvalue weighted by atomic mass is 35.5. The number of esters is 1. The van der Waals surface area contributed by atoms with E-state index in [4.69, 9.17) is 37.4 Å². The van der Waals surface area contributed by atoms with Gasteiger partial charge in [-0.05, 0) is 44.2 Å². The largest absolute Gasteiger partial charge is 0.494 e. The fourth-order valence-corrected chi connectivity index (χ4v) is 2.68. The van der Waals surface area contributed by atoms with Gasteiger partial charge in [0, 0.05) is 11.1 Å². The fraction of sp³-hybridized carbons (Fsp3) is 0.263. The van der Waals surface area contributed by atoms with E-state index in [-0.39, 0.29) is 10.6 Å². The molecule has 0 aliphatic heterocycles. The first-order chi connectivity index (χ1) is 12.9. The van der Waals surface area contributed by atoms with Crippen LogP contribution < -0.4 is 14.8 Å². The number of anilines is 1. The van der Waals surface area contributed by atoms with E-state index in [0.29, 0.717) is 35.4 Å². The molecular weight excluding hydrogens is 393 g/mol. The van der Waals surface area contributed by atoms with Crippen molar-refractivity contribution in [2.24, 2.45) is 0 Å². The molecule has 0 radical (unpaired) electrons. The normalized spacial score (nSPS) is 10.2. The van der Waals surface area contributed by atoms with E-state index in [1.807, 2.05) is 13.8 Å². The third-order valence-electron chi connectivity index (χ3n) is 3.32. The highest BCUT2D eigenvalue weighted by molar-refractivity contribution is 6.36. The van der Waals surface area contributed by atoms with Crippen LogP contribution in [0.1, 0.15) is 24.2 Å². The first-order valence-corrected chi connectivity index (χ1v) is 9.01. The second kappa shape index (κ2) is 10.0. The monoisotopic (exact) mass is 411 g/mol. The molecule has 2 aromatic carbocycles. The molecule has 0 aliphatic rings. The molecule has 0 unspecified atom stereocenters. The van der Waals surface area contributed by atoms with Gasteiger partial charge in [0.2, 0.25) is 0 Å². The lowest BCUT2D eigenvalue weighted by atomic mass is 10.2. The van der Waals surface area contributed by atoms with Gasteiger partial charge in [-0.3, -0.25) is 4.79 Å². The number of halogens is 2. The van der Waals surface area contributed by atoms with Gasteiger partial charge in [-0.2, -0.15) is 0 Å². The van der Waals surface area contributed by atoms with Gasteiger partial charge in [-0.15, -0.1) is 0 Å². The predicted octanol–water partition coefficient (Wildman–Crippen LogP) is 4.59. The smallest absolute Gasteiger partial charge is 0.340 e. The van der Waals surface area contributed by atoms with Crippen molar-refractivity contribution in [3.63, 3.8) is 0 Å². The summed E-state index contributed by atoms with van der Waals surface area (Å²) in [4.78, 5) is 24.2. The summed E-state index contributed by atoms with van der Waals surface area (Å²) in [5, 5.41) is 3.19. The zero-order chi connectivity index (χ0) is 19.8. The standard InChI is InChI=1S/C19H19Cl2NO5/c1-3-25-13-6-8-17(26-4-2)16(10-13)22-18(23)11-27-19(24)14-7-5-12(20)9-15(14)21/h5-10H,3-4,11H2,1-2H3,(H,22,23). The van der Waals surface area contributed by atoms with Crippen molar-refractivity contribution in [3.05, 3.63) is 52.0 Å². The Morgan fingerprint density at radius 3 is 2.41 bits per heavy atom. The van der Waals surface area contributed by atoms with Crippen molar-refractivity contribution < 1.29 is 23.8 Å². The van der Waals surface area contributed by atoms with Crippen molar-refractivity contribution in [1.82, 2.24) is 0 Å². The van der Waals surface area contributed by atoms with Crippen LogP contribution >= 0.6 is 23.2 Å². The molecular formula is C19H19Cl2NO5. The van der Waals surface area contributed by atoms with E-state index in [1.54, 1.807) is 18.2 Å². The summed E-state index contributed by atoms with van der Waals surface area (Å²) in [6.45, 7) is 4.12. The predicted molar refractivity (Wildman–Crippen MR) is 104 cm³/mol. The number of rotatable bonds is 8. The first kappa shape index (κ1) is 20.9. The fourth-order valence-electron chi connectivity index (χ4n) is 2.19. The minimum absolute atomic E-state index is 0.127. The van der Waals surface area contributed by atoms with Crippen LogP contribution in [0.25, 0.3) is 0 Å². The molecule has 0 aliphatic carbocycles. The van der Waals surface area contributed by atoms with E-state index in [2.05, 4.69) is 5.32 Å². The summed E-state index contributed by atoms with van der Waals surface area (Å²) in [7, 11) is 0. The molecule has 0 spiro atoms. The quantitative estimate of drug-likeness (QED) is 0.643. The van der Waals surface area contributed by atoms with Crippen molar-refractivity contribution in [2.75, 3.05) is 25.1 Å². The number of hydrogen-bond donors (Lipinski definition) is 1. The Morgan fingerprint density at radius 1 is 1.00 bits per heavy atom. The summed E-state index contributed by atoms with van der Waals surface area (Å²) >= 11 is 11.7. The zero-order valence-corrected chi connectivity index (χ0v) is 16.4. The molecule has 8 heteroatoms. The van der Waals surface area contributed by atoms with Gasteiger partial charge in [0.1, 0.15) is 11.5 Å². The number of carbonyl (C=O) groups excluding carboxylic acids is 2. The second-order valence-corrected chi connectivity index (χ2v) is 6.12. The molecule has 0 heterocycles. The van der Waals surface area contributed by atoms with Gasteiger partial charge in [0.15, 0.2) is 6.61 Å². The van der Waals surface area contributed by atoms with Crippen LogP contribution in [0.5, 0.6) is 11.5 Å². The Labute approximate surface area is 167 Å². The molecule has 0 saturated heterocycles. The molecule has 0 bridgehead atoms. The Bertz CT molecular complexity index is 826. The average molecular weight is 412 g/mol. The number of ether oxygens (including phenoxy) is 3. The van der Waals surface area contributed by atoms with Crippen molar-refractivity contribution in [3.8, 4) is 11.5 Å². The second-order valence-electron chi connectivity index (χ2n) is 5.27. The molecule has 2 aromatic rings. The summed E-state index contributed by atoms with van der Waals surface area (Å²) in [6, 6.07) is 9.45. The Kier molecular flexibility index (Phi) is 7.76. The van der Waals surface area contributed by atoms with Crippen molar-refractivity contribution >= 4 is 40.8 Å². The molecule has 0 aromatic heterocycles. The highest BCUT2D eigenvalue weighted by Crippen LogP contribution is 2.29. The molecule has 2 rings (SSSR count). The lowest BCUT2D eigenvalue weighted by Gasteiger charge is -2.13. The van der Waals surface area contributed by atoms with E-state index in [1.165, 1.54) is 18.2 Å². The first-order valence-electron chi connectivity index (χ1n) is 8.26. The highest BCUT2D eigenvalue weighted by Gasteiger charge is 2.15. The Hall–Kier alpha value is -2.44. The molecule has 144 valence electrons. The SMILES string of the molecule is CCOc1ccc(OCC)c(NC(=O)COC(=O)c2ccc(Cl)cc2Cl)c1. The van der Waals surface area contributed by atoms with E-state index < -0.39 is 18.5 Å². The number of hydrogen-bond acceptors (Lipinski definition) is 5. The van der Waals surface area contributed by atoms with Gasteiger partial charge in [0.05, 0.1) is 29.5 Å². The lowest BCUT2D eigenvalue weighted by Crippen LogP contribution is -2.21. The molecule has 0 fully saturated rings. The van der Waals surface area contributed by atoms with E-state index in [9.17, 15) is 9.59 Å². The van der Waals surface area contributed by atoms with Crippen LogP contribution in [-0.4, -0.2) is 31.7 Å². The van der Waals surface area contributed by atoms with Crippen LogP contribution in [0.2, 0.25) is 10.0 Å². The van der Waals surface area contributed by atoms with Crippen LogP contribution in [0.15, 0.2) is 36.4 Å². The van der Waals surface area contributed by atoms with E-state index >= 15 is 0 Å². The zero-order valence-electron chi connectivity index (χ0n) is 14.9. The van der Waals surface area contributed by atoms with Crippen LogP contribution in [0.4, 0.5) is 5.69 Å². The molecule has 1 N–H and O–H groups in total. The van der Waals surface area contributed by atoms with Crippen LogP contribution in [0.3, 0.4) is 0 Å². The summed E-state index contributed by atoms with van der Waals surface area (Å²) in [5.41, 5.74) is 0.551. The van der Waals surface area contributed by atoms with Crippen LogP contribution in [0, 0.1) is 0 Å². The number of nitrogens with one attached hydrogen (secondary N) is 1. The molecule has 27 heavy (non-hydrogen) atoms. The number of amides is 1. The summed E-state index contributed by atoms with van der Waals surface area (Å²) in [6.07, 6.45) is 0. The molecule has 0 saturated carbocycles. The maximum absolute atomic E-state index is 12.2. The minimum atomic E-state index is -0.722.